The molecule has 0 aromatic heterocycles. The maximum Gasteiger partial charge on any atom is 0.237 e. The zero-order valence-electron chi connectivity index (χ0n) is 9.25. The van der Waals surface area contributed by atoms with Crippen LogP contribution in [0.25, 0.3) is 0 Å². The van der Waals surface area contributed by atoms with Gasteiger partial charge in [-0.25, -0.2) is 0 Å². The smallest absolute Gasteiger partial charge is 0.237 e. The van der Waals surface area contributed by atoms with E-state index < -0.39 is 0 Å². The molecule has 0 saturated carbocycles. The number of amides is 1. The topological polar surface area (TPSA) is 41.6 Å². The second-order valence-electron chi connectivity index (χ2n) is 3.85. The van der Waals surface area contributed by atoms with E-state index in [4.69, 9.17) is 4.74 Å². The van der Waals surface area contributed by atoms with Crippen LogP contribution in [0.3, 0.4) is 0 Å². The Labute approximate surface area is 85.6 Å². The summed E-state index contributed by atoms with van der Waals surface area (Å²) >= 11 is 0. The number of nitrogens with zero attached hydrogens (tertiary/aromatic N) is 1. The molecule has 0 spiro atoms. The van der Waals surface area contributed by atoms with Crippen LogP contribution in [0.1, 0.15) is 20.8 Å². The fraction of sp³-hybridized carbons (Fsp3) is 0.900. The maximum absolute atomic E-state index is 11.5. The molecule has 0 aromatic carbocycles. The number of carbonyl (C=O) groups excluding carboxylic acids is 1. The quantitative estimate of drug-likeness (QED) is 0.655. The third-order valence-corrected chi connectivity index (χ3v) is 2.43. The van der Waals surface area contributed by atoms with Gasteiger partial charge in [-0.2, -0.15) is 0 Å². The lowest BCUT2D eigenvalue weighted by atomic mass is 10.1. The van der Waals surface area contributed by atoms with Crippen LogP contribution in [0.4, 0.5) is 0 Å². The highest BCUT2D eigenvalue weighted by molar-refractivity contribution is 5.80. The summed E-state index contributed by atoms with van der Waals surface area (Å²) in [6, 6.07) is 0. The molecule has 1 unspecified atom stereocenters. The van der Waals surface area contributed by atoms with Crippen LogP contribution in [0, 0.1) is 5.92 Å². The number of hydrogen-bond acceptors (Lipinski definition) is 3. The van der Waals surface area contributed by atoms with Crippen LogP contribution in [-0.2, 0) is 9.53 Å². The van der Waals surface area contributed by atoms with Crippen LogP contribution >= 0.6 is 0 Å². The van der Waals surface area contributed by atoms with Crippen molar-refractivity contribution in [2.75, 3.05) is 26.3 Å². The fourth-order valence-corrected chi connectivity index (χ4v) is 1.73. The van der Waals surface area contributed by atoms with Crippen molar-refractivity contribution in [2.24, 2.45) is 5.92 Å². The third-order valence-electron chi connectivity index (χ3n) is 2.43. The van der Waals surface area contributed by atoms with Gasteiger partial charge in [0.1, 0.15) is 0 Å². The molecule has 1 saturated heterocycles. The molecule has 1 aliphatic rings. The van der Waals surface area contributed by atoms with Crippen molar-refractivity contribution >= 4 is 5.91 Å². The minimum atomic E-state index is 0.183. The van der Waals surface area contributed by atoms with Gasteiger partial charge in [-0.3, -0.25) is 10.1 Å². The number of nitrogens with one attached hydrogen (secondary N) is 1. The lowest BCUT2D eigenvalue weighted by Gasteiger charge is -2.27. The lowest BCUT2D eigenvalue weighted by molar-refractivity contribution is -0.129. The zero-order valence-corrected chi connectivity index (χ0v) is 9.25. The molecule has 1 fully saturated rings. The largest absolute Gasteiger partial charge is 0.380 e. The molecule has 1 heterocycles. The Morgan fingerprint density at radius 2 is 2.36 bits per heavy atom. The normalized spacial score (nSPS) is 22.4. The Hall–Kier alpha value is -0.610. The molecular weight excluding hydrogens is 180 g/mol. The predicted octanol–water partition coefficient (Wildman–Crippen LogP) is 0.437. The molecule has 1 N–H and O–H groups in total. The molecule has 1 rings (SSSR count). The number of rotatable bonds is 5. The van der Waals surface area contributed by atoms with Crippen LogP contribution in [0.5, 0.6) is 0 Å². The molecule has 4 heteroatoms. The van der Waals surface area contributed by atoms with Gasteiger partial charge in [-0.05, 0) is 12.8 Å². The third kappa shape index (κ3) is 2.69. The molecule has 1 amide bonds. The van der Waals surface area contributed by atoms with E-state index in [9.17, 15) is 4.79 Å². The second-order valence-corrected chi connectivity index (χ2v) is 3.85. The van der Waals surface area contributed by atoms with Crippen molar-refractivity contribution in [3.8, 4) is 0 Å². The summed E-state index contributed by atoms with van der Waals surface area (Å²) in [5, 5.41) is 3.20. The van der Waals surface area contributed by atoms with Gasteiger partial charge in [0.05, 0.1) is 19.3 Å². The average molecular weight is 200 g/mol. The van der Waals surface area contributed by atoms with Gasteiger partial charge in [0.2, 0.25) is 5.91 Å². The van der Waals surface area contributed by atoms with Gasteiger partial charge in [-0.15, -0.1) is 0 Å². The summed E-state index contributed by atoms with van der Waals surface area (Å²) in [4.78, 5) is 13.4. The Bertz CT molecular complexity index is 195. The van der Waals surface area contributed by atoms with E-state index in [1.165, 1.54) is 0 Å². The van der Waals surface area contributed by atoms with Crippen LogP contribution in [0.15, 0.2) is 0 Å². The Morgan fingerprint density at radius 1 is 1.64 bits per heavy atom. The maximum atomic E-state index is 11.5. The van der Waals surface area contributed by atoms with Crippen molar-refractivity contribution in [2.45, 2.75) is 26.9 Å². The first-order valence-electron chi connectivity index (χ1n) is 5.27. The highest BCUT2D eigenvalue weighted by Gasteiger charge is 2.31. The first-order valence-corrected chi connectivity index (χ1v) is 5.27. The number of hydrogen-bond donors (Lipinski definition) is 1. The number of ether oxygens (including phenoxy) is 1. The molecule has 0 bridgehead atoms. The first-order chi connectivity index (χ1) is 6.66. The molecule has 0 aromatic rings. The minimum absolute atomic E-state index is 0.183. The Kier molecular flexibility index (Phi) is 4.35. The van der Waals surface area contributed by atoms with Crippen LogP contribution < -0.4 is 5.32 Å². The van der Waals surface area contributed by atoms with Crippen molar-refractivity contribution in [1.82, 2.24) is 10.2 Å². The molecule has 1 aliphatic heterocycles. The number of carbonyl (C=O) groups is 1. The Balaban J connectivity index is 2.41. The molecule has 14 heavy (non-hydrogen) atoms. The summed E-state index contributed by atoms with van der Waals surface area (Å²) in [5.74, 6) is 0.631. The second kappa shape index (κ2) is 5.32. The predicted molar refractivity (Wildman–Crippen MR) is 54.8 cm³/mol. The van der Waals surface area contributed by atoms with E-state index in [1.54, 1.807) is 0 Å². The molecule has 0 aliphatic carbocycles. The van der Waals surface area contributed by atoms with Crippen molar-refractivity contribution in [3.63, 3.8) is 0 Å². The van der Waals surface area contributed by atoms with E-state index in [0.717, 1.165) is 0 Å². The van der Waals surface area contributed by atoms with Gasteiger partial charge in [0, 0.05) is 13.2 Å². The molecule has 1 atom stereocenters. The lowest BCUT2D eigenvalue weighted by Crippen LogP contribution is -2.42. The summed E-state index contributed by atoms with van der Waals surface area (Å²) in [7, 11) is 0. The molecule has 82 valence electrons. The molecule has 4 nitrogen and oxygen atoms in total. The monoisotopic (exact) mass is 200 g/mol. The standard InChI is InChI=1S/C10H20N2O2/c1-4-14-6-5-12-9(13)7-11-10(12)8(2)3/h8,10-11H,4-7H2,1-3H3. The van der Waals surface area contributed by atoms with E-state index >= 15 is 0 Å². The van der Waals surface area contributed by atoms with Crippen LogP contribution in [0.2, 0.25) is 0 Å². The zero-order chi connectivity index (χ0) is 10.6. The van der Waals surface area contributed by atoms with Gasteiger partial charge < -0.3 is 9.64 Å². The highest BCUT2D eigenvalue weighted by atomic mass is 16.5. The van der Waals surface area contributed by atoms with Gasteiger partial charge in [0.15, 0.2) is 0 Å². The van der Waals surface area contributed by atoms with Crippen LogP contribution in [-0.4, -0.2) is 43.3 Å². The Morgan fingerprint density at radius 3 is 2.93 bits per heavy atom. The highest BCUT2D eigenvalue weighted by Crippen LogP contribution is 2.12. The van der Waals surface area contributed by atoms with Crippen molar-refractivity contribution in [1.29, 1.82) is 0 Å². The van der Waals surface area contributed by atoms with Crippen molar-refractivity contribution in [3.05, 3.63) is 0 Å². The van der Waals surface area contributed by atoms with Gasteiger partial charge >= 0.3 is 0 Å². The molecular formula is C10H20N2O2. The van der Waals surface area contributed by atoms with E-state index in [1.807, 2.05) is 11.8 Å². The summed E-state index contributed by atoms with van der Waals surface area (Å²) < 4.78 is 5.25. The van der Waals surface area contributed by atoms with Gasteiger partial charge in [0.25, 0.3) is 0 Å². The van der Waals surface area contributed by atoms with E-state index in [2.05, 4.69) is 19.2 Å². The molecule has 0 radical (unpaired) electrons. The fourth-order valence-electron chi connectivity index (χ4n) is 1.73. The SMILES string of the molecule is CCOCCN1C(=O)CNC1C(C)C. The first kappa shape index (κ1) is 11.5. The summed E-state index contributed by atoms with van der Waals surface area (Å²) in [5.41, 5.74) is 0. The van der Waals surface area contributed by atoms with E-state index in [-0.39, 0.29) is 12.1 Å². The van der Waals surface area contributed by atoms with E-state index in [0.29, 0.717) is 32.2 Å². The summed E-state index contributed by atoms with van der Waals surface area (Å²) in [6.07, 6.45) is 0.183. The summed E-state index contributed by atoms with van der Waals surface area (Å²) in [6.45, 7) is 8.70. The van der Waals surface area contributed by atoms with Crippen molar-refractivity contribution < 1.29 is 9.53 Å². The average Bonchev–Trinajstić information content (AvgIpc) is 2.48. The minimum Gasteiger partial charge on any atom is -0.380 e. The van der Waals surface area contributed by atoms with Gasteiger partial charge in [-0.1, -0.05) is 13.8 Å².